The molecule has 1 amide bonds. The molecular formula is C10H18ClNO2. The van der Waals surface area contributed by atoms with Crippen LogP contribution in [0.25, 0.3) is 0 Å². The van der Waals surface area contributed by atoms with Crippen molar-refractivity contribution in [3.8, 4) is 0 Å². The van der Waals surface area contributed by atoms with Gasteiger partial charge < -0.3 is 9.64 Å². The molecule has 1 heterocycles. The second-order valence-corrected chi connectivity index (χ2v) is 4.19. The third kappa shape index (κ3) is 2.85. The molecule has 0 unspecified atom stereocenters. The molecule has 1 aliphatic rings. The Labute approximate surface area is 90.4 Å². The van der Waals surface area contributed by atoms with Crippen LogP contribution in [0.5, 0.6) is 0 Å². The van der Waals surface area contributed by atoms with Gasteiger partial charge >= 0.3 is 0 Å². The van der Waals surface area contributed by atoms with Crippen LogP contribution in [0.4, 0.5) is 0 Å². The Hall–Kier alpha value is -0.280. The van der Waals surface area contributed by atoms with E-state index < -0.39 is 0 Å². The first-order valence-corrected chi connectivity index (χ1v) is 5.58. The van der Waals surface area contributed by atoms with Crippen molar-refractivity contribution in [1.82, 2.24) is 4.90 Å². The van der Waals surface area contributed by atoms with E-state index in [2.05, 4.69) is 0 Å². The maximum Gasteiger partial charge on any atom is 0.240 e. The molecule has 3 nitrogen and oxygen atoms in total. The number of amides is 1. The minimum Gasteiger partial charge on any atom is -0.380 e. The van der Waals surface area contributed by atoms with Crippen molar-refractivity contribution < 1.29 is 9.53 Å². The lowest BCUT2D eigenvalue weighted by atomic mass is 10.1. The van der Waals surface area contributed by atoms with Crippen molar-refractivity contribution >= 4 is 17.5 Å². The Kier molecular flexibility index (Phi) is 4.69. The zero-order valence-electron chi connectivity index (χ0n) is 8.83. The van der Waals surface area contributed by atoms with Crippen LogP contribution in [0.1, 0.15) is 26.2 Å². The molecule has 0 bridgehead atoms. The van der Waals surface area contributed by atoms with Gasteiger partial charge in [-0.3, -0.25) is 4.79 Å². The number of piperidine rings is 1. The average Bonchev–Trinajstić information content (AvgIpc) is 2.27. The minimum atomic E-state index is -0.370. The molecule has 0 aromatic carbocycles. The summed E-state index contributed by atoms with van der Waals surface area (Å²) in [6.07, 6.45) is 2.93. The topological polar surface area (TPSA) is 29.5 Å². The molecule has 1 fully saturated rings. The van der Waals surface area contributed by atoms with E-state index >= 15 is 0 Å². The van der Waals surface area contributed by atoms with Gasteiger partial charge in [-0.25, -0.2) is 0 Å². The zero-order valence-corrected chi connectivity index (χ0v) is 9.59. The molecule has 1 rings (SSSR count). The van der Waals surface area contributed by atoms with E-state index in [1.807, 2.05) is 11.8 Å². The van der Waals surface area contributed by atoms with Crippen LogP contribution < -0.4 is 0 Å². The molecule has 2 atom stereocenters. The first kappa shape index (κ1) is 11.8. The molecule has 0 aromatic rings. The van der Waals surface area contributed by atoms with Gasteiger partial charge in [0.2, 0.25) is 5.91 Å². The summed E-state index contributed by atoms with van der Waals surface area (Å²) in [5.41, 5.74) is 0. The lowest BCUT2D eigenvalue weighted by molar-refractivity contribution is -0.134. The van der Waals surface area contributed by atoms with E-state index in [1.165, 1.54) is 0 Å². The smallest absolute Gasteiger partial charge is 0.240 e. The van der Waals surface area contributed by atoms with Crippen LogP contribution in [0.15, 0.2) is 0 Å². The molecular weight excluding hydrogens is 202 g/mol. The molecule has 0 N–H and O–H groups in total. The van der Waals surface area contributed by atoms with Gasteiger partial charge in [0.25, 0.3) is 0 Å². The molecule has 4 heteroatoms. The van der Waals surface area contributed by atoms with Gasteiger partial charge in [0, 0.05) is 20.2 Å². The monoisotopic (exact) mass is 219 g/mol. The van der Waals surface area contributed by atoms with Gasteiger partial charge in [0.15, 0.2) is 0 Å². The van der Waals surface area contributed by atoms with Gasteiger partial charge in [0.1, 0.15) is 5.38 Å². The summed E-state index contributed by atoms with van der Waals surface area (Å²) in [4.78, 5) is 13.5. The van der Waals surface area contributed by atoms with Crippen molar-refractivity contribution in [1.29, 1.82) is 0 Å². The third-order valence-corrected chi connectivity index (χ3v) is 3.14. The van der Waals surface area contributed by atoms with E-state index in [0.29, 0.717) is 13.0 Å². The number of rotatable bonds is 3. The van der Waals surface area contributed by atoms with E-state index in [4.69, 9.17) is 16.3 Å². The normalized spacial score (nSPS) is 24.8. The predicted molar refractivity (Wildman–Crippen MR) is 56.5 cm³/mol. The fourth-order valence-corrected chi connectivity index (χ4v) is 1.84. The molecule has 1 aliphatic heterocycles. The van der Waals surface area contributed by atoms with E-state index in [-0.39, 0.29) is 17.4 Å². The molecule has 1 saturated heterocycles. The summed E-state index contributed by atoms with van der Waals surface area (Å²) in [7, 11) is 1.69. The molecule has 82 valence electrons. The van der Waals surface area contributed by atoms with Crippen molar-refractivity contribution in [2.24, 2.45) is 0 Å². The molecule has 0 spiro atoms. The molecule has 14 heavy (non-hydrogen) atoms. The SMILES string of the molecule is CC[C@@H](Cl)C(=O)N1CCC[C@@H](OC)C1. The van der Waals surface area contributed by atoms with Gasteiger partial charge in [-0.2, -0.15) is 0 Å². The number of alkyl halides is 1. The first-order valence-electron chi connectivity index (χ1n) is 5.14. The number of carbonyl (C=O) groups is 1. The van der Waals surface area contributed by atoms with Gasteiger partial charge in [-0.1, -0.05) is 6.92 Å². The van der Waals surface area contributed by atoms with E-state index in [1.54, 1.807) is 7.11 Å². The zero-order chi connectivity index (χ0) is 10.6. The summed E-state index contributed by atoms with van der Waals surface area (Å²) >= 11 is 5.91. The number of nitrogens with zero attached hydrogens (tertiary/aromatic N) is 1. The van der Waals surface area contributed by atoms with Crippen molar-refractivity contribution in [3.05, 3.63) is 0 Å². The standard InChI is InChI=1S/C10H18ClNO2/c1-3-9(11)10(13)12-6-4-5-8(7-12)14-2/h8-9H,3-7H2,1-2H3/t8-,9-/m1/s1. The fourth-order valence-electron chi connectivity index (χ4n) is 1.70. The van der Waals surface area contributed by atoms with Crippen LogP contribution in [-0.4, -0.2) is 42.5 Å². The number of ether oxygens (including phenoxy) is 1. The maximum absolute atomic E-state index is 11.7. The number of halogens is 1. The van der Waals surface area contributed by atoms with Crippen molar-refractivity contribution in [2.75, 3.05) is 20.2 Å². The van der Waals surface area contributed by atoms with Crippen LogP contribution in [0.2, 0.25) is 0 Å². The number of likely N-dealkylation sites (tertiary alicyclic amines) is 1. The van der Waals surface area contributed by atoms with Crippen LogP contribution in [0, 0.1) is 0 Å². The summed E-state index contributed by atoms with van der Waals surface area (Å²) in [5, 5.41) is -0.370. The van der Waals surface area contributed by atoms with E-state index in [0.717, 1.165) is 19.4 Å². The lowest BCUT2D eigenvalue weighted by Gasteiger charge is -2.32. The number of methoxy groups -OCH3 is 1. The average molecular weight is 220 g/mol. The number of hydrogen-bond acceptors (Lipinski definition) is 2. The van der Waals surface area contributed by atoms with Crippen LogP contribution in [-0.2, 0) is 9.53 Å². The number of hydrogen-bond donors (Lipinski definition) is 0. The molecule has 0 saturated carbocycles. The Morgan fingerprint density at radius 1 is 1.71 bits per heavy atom. The second-order valence-electron chi connectivity index (χ2n) is 3.66. The summed E-state index contributed by atoms with van der Waals surface area (Å²) in [5.74, 6) is 0.0518. The van der Waals surface area contributed by atoms with Gasteiger partial charge in [-0.05, 0) is 19.3 Å². The maximum atomic E-state index is 11.7. The van der Waals surface area contributed by atoms with Gasteiger partial charge in [0.05, 0.1) is 6.10 Å². The molecule has 0 radical (unpaired) electrons. The summed E-state index contributed by atoms with van der Waals surface area (Å²) in [6.45, 7) is 3.44. The van der Waals surface area contributed by atoms with E-state index in [9.17, 15) is 4.79 Å². The second kappa shape index (κ2) is 5.56. The fraction of sp³-hybridized carbons (Fsp3) is 0.900. The Morgan fingerprint density at radius 3 is 3.00 bits per heavy atom. The molecule has 0 aromatic heterocycles. The summed E-state index contributed by atoms with van der Waals surface area (Å²) < 4.78 is 5.25. The minimum absolute atomic E-state index is 0.0518. The van der Waals surface area contributed by atoms with Crippen LogP contribution >= 0.6 is 11.6 Å². The lowest BCUT2D eigenvalue weighted by Crippen LogP contribution is -2.45. The van der Waals surface area contributed by atoms with Crippen LogP contribution in [0.3, 0.4) is 0 Å². The highest BCUT2D eigenvalue weighted by Gasteiger charge is 2.26. The summed E-state index contributed by atoms with van der Waals surface area (Å²) in [6, 6.07) is 0. The number of carbonyl (C=O) groups excluding carboxylic acids is 1. The first-order chi connectivity index (χ1) is 6.69. The highest BCUT2D eigenvalue weighted by Crippen LogP contribution is 2.15. The highest BCUT2D eigenvalue weighted by atomic mass is 35.5. The quantitative estimate of drug-likeness (QED) is 0.676. The Morgan fingerprint density at radius 2 is 2.43 bits per heavy atom. The largest absolute Gasteiger partial charge is 0.380 e. The van der Waals surface area contributed by atoms with Crippen molar-refractivity contribution in [2.45, 2.75) is 37.7 Å². The Bertz CT molecular complexity index is 199. The molecule has 0 aliphatic carbocycles. The van der Waals surface area contributed by atoms with Crippen molar-refractivity contribution in [3.63, 3.8) is 0 Å². The Balaban J connectivity index is 2.47. The highest BCUT2D eigenvalue weighted by molar-refractivity contribution is 6.30. The van der Waals surface area contributed by atoms with Gasteiger partial charge in [-0.15, -0.1) is 11.6 Å². The third-order valence-electron chi connectivity index (χ3n) is 2.65. The predicted octanol–water partition coefficient (Wildman–Crippen LogP) is 1.64.